The lowest BCUT2D eigenvalue weighted by atomic mass is 10.2. The summed E-state index contributed by atoms with van der Waals surface area (Å²) < 4.78 is 10.6. The van der Waals surface area contributed by atoms with Crippen LogP contribution in [0.15, 0.2) is 30.3 Å². The standard InChI is InChI=1S/C15H22N2O5/c18-14(19)12-16-6-8-21-10-11-22-9-7-17-15(20)13-4-2-1-3-5-13/h1-5,16H,6-12H2,(H,17,20)(H,18,19). The van der Waals surface area contributed by atoms with E-state index in [0.29, 0.717) is 45.1 Å². The molecule has 0 radical (unpaired) electrons. The number of amides is 1. The molecule has 1 amide bonds. The number of benzene rings is 1. The van der Waals surface area contributed by atoms with Gasteiger partial charge in [-0.3, -0.25) is 9.59 Å². The molecule has 0 saturated heterocycles. The van der Waals surface area contributed by atoms with E-state index in [-0.39, 0.29) is 12.5 Å². The van der Waals surface area contributed by atoms with E-state index >= 15 is 0 Å². The first-order valence-electron chi connectivity index (χ1n) is 7.11. The van der Waals surface area contributed by atoms with Gasteiger partial charge in [-0.25, -0.2) is 0 Å². The number of carboxylic acids is 1. The maximum absolute atomic E-state index is 11.7. The van der Waals surface area contributed by atoms with Crippen molar-refractivity contribution in [2.75, 3.05) is 46.1 Å². The fourth-order valence-corrected chi connectivity index (χ4v) is 1.59. The summed E-state index contributed by atoms with van der Waals surface area (Å²) in [5.41, 5.74) is 0.625. The van der Waals surface area contributed by atoms with Crippen molar-refractivity contribution in [3.05, 3.63) is 35.9 Å². The highest BCUT2D eigenvalue weighted by molar-refractivity contribution is 5.94. The van der Waals surface area contributed by atoms with Crippen molar-refractivity contribution in [3.63, 3.8) is 0 Å². The quantitative estimate of drug-likeness (QED) is 0.475. The fourth-order valence-electron chi connectivity index (χ4n) is 1.59. The smallest absolute Gasteiger partial charge is 0.317 e. The number of nitrogens with one attached hydrogen (secondary N) is 2. The number of rotatable bonds is 12. The third-order valence-corrected chi connectivity index (χ3v) is 2.64. The van der Waals surface area contributed by atoms with Gasteiger partial charge in [0.15, 0.2) is 0 Å². The highest BCUT2D eigenvalue weighted by atomic mass is 16.5. The minimum atomic E-state index is -0.888. The molecule has 0 unspecified atom stereocenters. The topological polar surface area (TPSA) is 96.9 Å². The minimum absolute atomic E-state index is 0.0685. The van der Waals surface area contributed by atoms with Gasteiger partial charge in [-0.1, -0.05) is 18.2 Å². The molecule has 7 nitrogen and oxygen atoms in total. The van der Waals surface area contributed by atoms with E-state index in [0.717, 1.165) is 0 Å². The lowest BCUT2D eigenvalue weighted by molar-refractivity contribution is -0.136. The van der Waals surface area contributed by atoms with Gasteiger partial charge in [0.1, 0.15) is 0 Å². The van der Waals surface area contributed by atoms with Crippen LogP contribution in [0.3, 0.4) is 0 Å². The summed E-state index contributed by atoms with van der Waals surface area (Å²) >= 11 is 0. The summed E-state index contributed by atoms with van der Waals surface area (Å²) in [6, 6.07) is 8.99. The molecule has 0 aliphatic heterocycles. The Morgan fingerprint density at radius 2 is 1.59 bits per heavy atom. The van der Waals surface area contributed by atoms with Crippen LogP contribution in [-0.2, 0) is 14.3 Å². The predicted octanol–water partition coefficient (Wildman–Crippen LogP) is 0.124. The lowest BCUT2D eigenvalue weighted by Crippen LogP contribution is -2.28. The van der Waals surface area contributed by atoms with Crippen LogP contribution in [0.1, 0.15) is 10.4 Å². The Hall–Kier alpha value is -1.96. The Kier molecular flexibility index (Phi) is 9.60. The van der Waals surface area contributed by atoms with Crippen molar-refractivity contribution in [2.24, 2.45) is 0 Å². The molecule has 1 aromatic carbocycles. The second kappa shape index (κ2) is 11.7. The van der Waals surface area contributed by atoms with E-state index < -0.39 is 5.97 Å². The largest absolute Gasteiger partial charge is 0.480 e. The molecule has 0 aromatic heterocycles. The molecular formula is C15H22N2O5. The van der Waals surface area contributed by atoms with Gasteiger partial charge in [0.05, 0.1) is 33.0 Å². The maximum Gasteiger partial charge on any atom is 0.317 e. The third kappa shape index (κ3) is 9.06. The van der Waals surface area contributed by atoms with Gasteiger partial charge in [-0.2, -0.15) is 0 Å². The first-order valence-corrected chi connectivity index (χ1v) is 7.11. The molecular weight excluding hydrogens is 288 g/mol. The van der Waals surface area contributed by atoms with E-state index in [1.165, 1.54) is 0 Å². The van der Waals surface area contributed by atoms with Gasteiger partial charge in [0, 0.05) is 18.7 Å². The lowest BCUT2D eigenvalue weighted by Gasteiger charge is -2.07. The number of hydrogen-bond acceptors (Lipinski definition) is 5. The van der Waals surface area contributed by atoms with Crippen molar-refractivity contribution in [2.45, 2.75) is 0 Å². The maximum atomic E-state index is 11.7. The van der Waals surface area contributed by atoms with Crippen LogP contribution in [0.25, 0.3) is 0 Å². The number of carboxylic acid groups (broad SMARTS) is 1. The molecule has 122 valence electrons. The van der Waals surface area contributed by atoms with Crippen LogP contribution < -0.4 is 10.6 Å². The van der Waals surface area contributed by atoms with E-state index in [1.54, 1.807) is 12.1 Å². The summed E-state index contributed by atoms with van der Waals surface area (Å²) in [6.45, 7) is 2.57. The molecule has 0 saturated carbocycles. The number of carbonyl (C=O) groups is 2. The molecule has 0 atom stereocenters. The van der Waals surface area contributed by atoms with Crippen LogP contribution >= 0.6 is 0 Å². The SMILES string of the molecule is O=C(O)CNCCOCCOCCNC(=O)c1ccccc1. The molecule has 7 heteroatoms. The third-order valence-electron chi connectivity index (χ3n) is 2.64. The van der Waals surface area contributed by atoms with Gasteiger partial charge in [-0.15, -0.1) is 0 Å². The number of ether oxygens (including phenoxy) is 2. The summed E-state index contributed by atoms with van der Waals surface area (Å²) in [4.78, 5) is 21.9. The number of aliphatic carboxylic acids is 1. The molecule has 3 N–H and O–H groups in total. The minimum Gasteiger partial charge on any atom is -0.480 e. The normalized spacial score (nSPS) is 10.4. The van der Waals surface area contributed by atoms with Crippen molar-refractivity contribution in [1.29, 1.82) is 0 Å². The molecule has 0 fully saturated rings. The zero-order valence-corrected chi connectivity index (χ0v) is 12.4. The average Bonchev–Trinajstić information content (AvgIpc) is 2.53. The van der Waals surface area contributed by atoms with Crippen molar-refractivity contribution >= 4 is 11.9 Å². The van der Waals surface area contributed by atoms with E-state index in [9.17, 15) is 9.59 Å². The Morgan fingerprint density at radius 1 is 0.955 bits per heavy atom. The highest BCUT2D eigenvalue weighted by Crippen LogP contribution is 1.97. The van der Waals surface area contributed by atoms with Crippen LogP contribution in [0.4, 0.5) is 0 Å². The van der Waals surface area contributed by atoms with Gasteiger partial charge < -0.3 is 25.2 Å². The molecule has 0 aliphatic rings. The molecule has 1 rings (SSSR count). The highest BCUT2D eigenvalue weighted by Gasteiger charge is 2.02. The van der Waals surface area contributed by atoms with Gasteiger partial charge in [0.25, 0.3) is 5.91 Å². The monoisotopic (exact) mass is 310 g/mol. The van der Waals surface area contributed by atoms with Crippen molar-refractivity contribution < 1.29 is 24.2 Å². The van der Waals surface area contributed by atoms with Gasteiger partial charge in [0.2, 0.25) is 0 Å². The summed E-state index contributed by atoms with van der Waals surface area (Å²) in [5, 5.41) is 13.9. The number of hydrogen-bond donors (Lipinski definition) is 3. The zero-order valence-electron chi connectivity index (χ0n) is 12.4. The molecule has 0 bridgehead atoms. The second-order valence-electron chi connectivity index (χ2n) is 4.42. The Balaban J connectivity index is 1.88. The van der Waals surface area contributed by atoms with Gasteiger partial charge in [-0.05, 0) is 12.1 Å². The molecule has 0 aliphatic carbocycles. The Bertz CT molecular complexity index is 439. The van der Waals surface area contributed by atoms with Crippen molar-refractivity contribution in [3.8, 4) is 0 Å². The van der Waals surface area contributed by atoms with E-state index in [4.69, 9.17) is 14.6 Å². The fraction of sp³-hybridized carbons (Fsp3) is 0.467. The van der Waals surface area contributed by atoms with Crippen LogP contribution in [0, 0.1) is 0 Å². The predicted molar refractivity (Wildman–Crippen MR) is 80.9 cm³/mol. The van der Waals surface area contributed by atoms with Crippen molar-refractivity contribution in [1.82, 2.24) is 10.6 Å². The van der Waals surface area contributed by atoms with E-state index in [1.807, 2.05) is 18.2 Å². The molecule has 0 heterocycles. The summed E-state index contributed by atoms with van der Waals surface area (Å²) in [7, 11) is 0. The first-order chi connectivity index (χ1) is 10.7. The summed E-state index contributed by atoms with van der Waals surface area (Å²) in [6.07, 6.45) is 0. The molecule has 0 spiro atoms. The molecule has 22 heavy (non-hydrogen) atoms. The second-order valence-corrected chi connectivity index (χ2v) is 4.42. The number of carbonyl (C=O) groups excluding carboxylic acids is 1. The summed E-state index contributed by atoms with van der Waals surface area (Å²) in [5.74, 6) is -1.01. The zero-order chi connectivity index (χ0) is 16.0. The average molecular weight is 310 g/mol. The van der Waals surface area contributed by atoms with Crippen LogP contribution in [0.5, 0.6) is 0 Å². The Morgan fingerprint density at radius 3 is 2.23 bits per heavy atom. The van der Waals surface area contributed by atoms with Crippen LogP contribution in [0.2, 0.25) is 0 Å². The molecule has 1 aromatic rings. The Labute approximate surface area is 129 Å². The van der Waals surface area contributed by atoms with Gasteiger partial charge >= 0.3 is 5.97 Å². The van der Waals surface area contributed by atoms with Crippen LogP contribution in [-0.4, -0.2) is 63.0 Å². The van der Waals surface area contributed by atoms with E-state index in [2.05, 4.69) is 10.6 Å². The first kappa shape index (κ1) is 18.1.